The van der Waals surface area contributed by atoms with Gasteiger partial charge < -0.3 is 14.7 Å². The molecule has 1 atom stereocenters. The standard InChI is InChI=1S/C28H30N8O2/c1-28(2,3)27-35-34-26(38-27)25(37)31-21-8-6-5-7-16-13-17(9-10-19(16)21)20-11-12-29-24-22(20)32-23(33-24)18-14-30-36(4)15-18/h9-15,21H,5-8H2,1-4H3,(H,31,37)(H,29,32,33)/t21-/m1/s1. The predicted molar refractivity (Wildman–Crippen MR) is 142 cm³/mol. The number of hydrogen-bond acceptors (Lipinski definition) is 7. The number of pyridine rings is 1. The number of aromatic nitrogens is 7. The van der Waals surface area contributed by atoms with Crippen molar-refractivity contribution in [3.05, 3.63) is 65.8 Å². The number of imidazole rings is 1. The number of H-pyrrole nitrogens is 1. The maximum atomic E-state index is 13.0. The molecule has 38 heavy (non-hydrogen) atoms. The highest BCUT2D eigenvalue weighted by Crippen LogP contribution is 2.35. The summed E-state index contributed by atoms with van der Waals surface area (Å²) in [5, 5.41) is 15.4. The number of carbonyl (C=O) groups is 1. The fraction of sp³-hybridized carbons (Fsp3) is 0.357. The second-order valence-corrected chi connectivity index (χ2v) is 10.9. The van der Waals surface area contributed by atoms with Crippen molar-refractivity contribution in [2.75, 3.05) is 0 Å². The van der Waals surface area contributed by atoms with Crippen molar-refractivity contribution in [1.82, 2.24) is 40.2 Å². The highest BCUT2D eigenvalue weighted by molar-refractivity contribution is 5.92. The van der Waals surface area contributed by atoms with Crippen molar-refractivity contribution < 1.29 is 9.21 Å². The molecule has 0 saturated carbocycles. The number of hydrogen-bond donors (Lipinski definition) is 2. The molecule has 0 bridgehead atoms. The van der Waals surface area contributed by atoms with Crippen molar-refractivity contribution in [3.8, 4) is 22.5 Å². The molecule has 4 heterocycles. The fourth-order valence-electron chi connectivity index (χ4n) is 4.96. The molecule has 0 saturated heterocycles. The Morgan fingerprint density at radius 2 is 2.03 bits per heavy atom. The molecule has 1 aliphatic carbocycles. The number of benzene rings is 1. The Hall–Kier alpha value is -4.34. The molecular formula is C28H30N8O2. The van der Waals surface area contributed by atoms with E-state index in [1.807, 2.05) is 40.1 Å². The Balaban J connectivity index is 1.31. The van der Waals surface area contributed by atoms with Crippen molar-refractivity contribution in [3.63, 3.8) is 0 Å². The van der Waals surface area contributed by atoms with Crippen LogP contribution in [-0.2, 0) is 18.9 Å². The van der Waals surface area contributed by atoms with Crippen molar-refractivity contribution >= 4 is 17.1 Å². The monoisotopic (exact) mass is 510 g/mol. The van der Waals surface area contributed by atoms with Crippen LogP contribution in [0.3, 0.4) is 0 Å². The molecule has 1 amide bonds. The Labute approximate surface area is 219 Å². The molecule has 0 aliphatic heterocycles. The van der Waals surface area contributed by atoms with E-state index < -0.39 is 0 Å². The second kappa shape index (κ2) is 9.20. The predicted octanol–water partition coefficient (Wildman–Crippen LogP) is 4.90. The molecule has 0 unspecified atom stereocenters. The topological polar surface area (TPSA) is 127 Å². The summed E-state index contributed by atoms with van der Waals surface area (Å²) in [6, 6.07) is 8.31. The molecule has 10 heteroatoms. The molecule has 0 spiro atoms. The lowest BCUT2D eigenvalue weighted by Crippen LogP contribution is -2.29. The highest BCUT2D eigenvalue weighted by Gasteiger charge is 2.27. The van der Waals surface area contributed by atoms with Crippen LogP contribution in [-0.4, -0.2) is 40.8 Å². The molecule has 0 radical (unpaired) electrons. The lowest BCUT2D eigenvalue weighted by atomic mass is 9.94. The minimum absolute atomic E-state index is 0.000489. The molecule has 10 nitrogen and oxygen atoms in total. The van der Waals surface area contributed by atoms with Gasteiger partial charge in [0.1, 0.15) is 11.3 Å². The largest absolute Gasteiger partial charge is 0.416 e. The SMILES string of the molecule is Cn1cc(-c2nc3c(-c4ccc5c(c4)CCCC[C@H]5NC(=O)c4nnc(C(C)(C)C)o4)ccnc3[nH]2)cn1. The van der Waals surface area contributed by atoms with Crippen LogP contribution in [0.15, 0.2) is 47.3 Å². The van der Waals surface area contributed by atoms with E-state index >= 15 is 0 Å². The van der Waals surface area contributed by atoms with E-state index in [1.54, 1.807) is 17.1 Å². The van der Waals surface area contributed by atoms with E-state index in [0.29, 0.717) is 5.89 Å². The van der Waals surface area contributed by atoms with Crippen LogP contribution in [0.4, 0.5) is 0 Å². The lowest BCUT2D eigenvalue weighted by molar-refractivity contribution is 0.0896. The summed E-state index contributed by atoms with van der Waals surface area (Å²) in [7, 11) is 1.88. The van der Waals surface area contributed by atoms with Gasteiger partial charge in [0.2, 0.25) is 5.89 Å². The average Bonchev–Trinajstić information content (AvgIpc) is 3.62. The zero-order chi connectivity index (χ0) is 26.4. The first-order chi connectivity index (χ1) is 18.3. The maximum Gasteiger partial charge on any atom is 0.309 e. The summed E-state index contributed by atoms with van der Waals surface area (Å²) < 4.78 is 7.42. The number of aromatic amines is 1. The number of rotatable bonds is 4. The fourth-order valence-corrected chi connectivity index (χ4v) is 4.96. The first-order valence-corrected chi connectivity index (χ1v) is 12.9. The summed E-state index contributed by atoms with van der Waals surface area (Å²) in [5.74, 6) is 0.841. The summed E-state index contributed by atoms with van der Waals surface area (Å²) in [4.78, 5) is 25.7. The van der Waals surface area contributed by atoms with Crippen LogP contribution in [0.2, 0.25) is 0 Å². The van der Waals surface area contributed by atoms with Gasteiger partial charge in [0.15, 0.2) is 5.65 Å². The van der Waals surface area contributed by atoms with Gasteiger partial charge in [-0.05, 0) is 42.0 Å². The number of nitrogens with one attached hydrogen (secondary N) is 2. The molecule has 6 rings (SSSR count). The van der Waals surface area contributed by atoms with Crippen LogP contribution in [0.5, 0.6) is 0 Å². The van der Waals surface area contributed by atoms with Crippen LogP contribution < -0.4 is 5.32 Å². The smallest absolute Gasteiger partial charge is 0.309 e. The van der Waals surface area contributed by atoms with Crippen molar-refractivity contribution in [1.29, 1.82) is 0 Å². The summed E-state index contributed by atoms with van der Waals surface area (Å²) in [5.41, 5.74) is 6.56. The summed E-state index contributed by atoms with van der Waals surface area (Å²) >= 11 is 0. The summed E-state index contributed by atoms with van der Waals surface area (Å²) in [6.45, 7) is 5.92. The molecule has 0 fully saturated rings. The van der Waals surface area contributed by atoms with Crippen molar-refractivity contribution in [2.45, 2.75) is 57.9 Å². The number of aryl methyl sites for hydroxylation is 2. The zero-order valence-corrected chi connectivity index (χ0v) is 21.9. The first kappa shape index (κ1) is 24.0. The third kappa shape index (κ3) is 4.46. The molecule has 5 aromatic rings. The molecule has 1 aliphatic rings. The Bertz CT molecular complexity index is 1640. The quantitative estimate of drug-likeness (QED) is 0.329. The van der Waals surface area contributed by atoms with Gasteiger partial charge in [0.05, 0.1) is 17.8 Å². The van der Waals surface area contributed by atoms with Crippen LogP contribution in [0.25, 0.3) is 33.7 Å². The molecule has 194 valence electrons. The van der Waals surface area contributed by atoms with Gasteiger partial charge in [-0.1, -0.05) is 45.4 Å². The van der Waals surface area contributed by atoms with Gasteiger partial charge >= 0.3 is 11.8 Å². The minimum Gasteiger partial charge on any atom is -0.416 e. The van der Waals surface area contributed by atoms with Crippen LogP contribution >= 0.6 is 0 Å². The zero-order valence-electron chi connectivity index (χ0n) is 21.9. The molecule has 1 aromatic carbocycles. The van der Waals surface area contributed by atoms with E-state index in [9.17, 15) is 4.79 Å². The van der Waals surface area contributed by atoms with E-state index in [-0.39, 0.29) is 23.3 Å². The van der Waals surface area contributed by atoms with Gasteiger partial charge in [-0.15, -0.1) is 10.2 Å². The molecule has 4 aromatic heterocycles. The van der Waals surface area contributed by atoms with E-state index in [2.05, 4.69) is 48.8 Å². The van der Waals surface area contributed by atoms with Gasteiger partial charge in [-0.2, -0.15) is 5.10 Å². The van der Waals surface area contributed by atoms with E-state index in [4.69, 9.17) is 9.40 Å². The second-order valence-electron chi connectivity index (χ2n) is 10.9. The third-order valence-corrected chi connectivity index (χ3v) is 6.95. The van der Waals surface area contributed by atoms with Gasteiger partial charge in [-0.3, -0.25) is 9.48 Å². The number of fused-ring (bicyclic) bond motifs is 2. The number of carbonyl (C=O) groups excluding carboxylic acids is 1. The minimum atomic E-state index is -0.342. The Morgan fingerprint density at radius 3 is 2.79 bits per heavy atom. The first-order valence-electron chi connectivity index (χ1n) is 12.9. The van der Waals surface area contributed by atoms with E-state index in [0.717, 1.165) is 64.9 Å². The van der Waals surface area contributed by atoms with Gasteiger partial charge in [0, 0.05) is 30.4 Å². The van der Waals surface area contributed by atoms with E-state index in [1.165, 1.54) is 5.56 Å². The summed E-state index contributed by atoms with van der Waals surface area (Å²) in [6.07, 6.45) is 9.37. The van der Waals surface area contributed by atoms with Crippen LogP contribution in [0, 0.1) is 0 Å². The maximum absolute atomic E-state index is 13.0. The van der Waals surface area contributed by atoms with Crippen molar-refractivity contribution in [2.24, 2.45) is 7.05 Å². The molecular weight excluding hydrogens is 480 g/mol. The highest BCUT2D eigenvalue weighted by atomic mass is 16.4. The normalized spacial score (nSPS) is 15.8. The number of nitrogens with zero attached hydrogens (tertiary/aromatic N) is 6. The number of amides is 1. The van der Waals surface area contributed by atoms with Crippen LogP contribution in [0.1, 0.15) is 73.8 Å². The van der Waals surface area contributed by atoms with Gasteiger partial charge in [0.25, 0.3) is 0 Å². The Morgan fingerprint density at radius 1 is 1.16 bits per heavy atom. The van der Waals surface area contributed by atoms with Gasteiger partial charge in [-0.25, -0.2) is 9.97 Å². The lowest BCUT2D eigenvalue weighted by Gasteiger charge is -2.19. The molecule has 2 N–H and O–H groups in total. The Kier molecular flexibility index (Phi) is 5.81. The third-order valence-electron chi connectivity index (χ3n) is 6.95. The average molecular weight is 511 g/mol.